The second-order valence-corrected chi connectivity index (χ2v) is 6.64. The lowest BCUT2D eigenvalue weighted by atomic mass is 9.99. The highest BCUT2D eigenvalue weighted by Gasteiger charge is 2.40. The Kier molecular flexibility index (Phi) is 6.49. The maximum Gasteiger partial charge on any atom is 0.241 e. The number of amides is 1. The molecule has 3 atom stereocenters. The van der Waals surface area contributed by atoms with Crippen molar-refractivity contribution in [1.82, 2.24) is 10.2 Å². The van der Waals surface area contributed by atoms with Gasteiger partial charge in [0.25, 0.3) is 0 Å². The van der Waals surface area contributed by atoms with Crippen LogP contribution in [0.5, 0.6) is 0 Å². The summed E-state index contributed by atoms with van der Waals surface area (Å²) in [6.45, 7) is 7.92. The molecule has 21 heavy (non-hydrogen) atoms. The van der Waals surface area contributed by atoms with Crippen molar-refractivity contribution in [2.75, 3.05) is 13.2 Å². The van der Waals surface area contributed by atoms with Crippen LogP contribution in [0.1, 0.15) is 65.7 Å². The van der Waals surface area contributed by atoms with Crippen molar-refractivity contribution in [2.24, 2.45) is 5.92 Å². The third kappa shape index (κ3) is 4.19. The number of hydrogen-bond donors (Lipinski definition) is 1. The van der Waals surface area contributed by atoms with Gasteiger partial charge in [-0.2, -0.15) is 0 Å². The molecule has 1 aliphatic carbocycles. The fraction of sp³-hybridized carbons (Fsp3) is 0.941. The minimum absolute atomic E-state index is 0.00182. The lowest BCUT2D eigenvalue weighted by molar-refractivity contribution is -0.132. The third-order valence-corrected chi connectivity index (χ3v) is 5.06. The summed E-state index contributed by atoms with van der Waals surface area (Å²) in [7, 11) is 0. The van der Waals surface area contributed by atoms with Gasteiger partial charge >= 0.3 is 0 Å². The molecule has 0 spiro atoms. The Hall–Kier alpha value is -0.610. The van der Waals surface area contributed by atoms with Crippen LogP contribution in [-0.4, -0.2) is 42.3 Å². The third-order valence-electron chi connectivity index (χ3n) is 5.06. The Morgan fingerprint density at radius 2 is 2.05 bits per heavy atom. The summed E-state index contributed by atoms with van der Waals surface area (Å²) >= 11 is 0. The number of hydrogen-bond acceptors (Lipinski definition) is 3. The van der Waals surface area contributed by atoms with Crippen LogP contribution in [-0.2, 0) is 9.53 Å². The predicted octanol–water partition coefficient (Wildman–Crippen LogP) is 2.92. The summed E-state index contributed by atoms with van der Waals surface area (Å²) < 4.78 is 5.94. The number of rotatable bonds is 8. The quantitative estimate of drug-likeness (QED) is 0.749. The van der Waals surface area contributed by atoms with Gasteiger partial charge in [-0.05, 0) is 25.2 Å². The SMILES string of the molecule is CCCC1NC(C(C)CC)C(=O)N1CCOC1CCCC1. The predicted molar refractivity (Wildman–Crippen MR) is 85.0 cm³/mol. The summed E-state index contributed by atoms with van der Waals surface area (Å²) in [6.07, 6.45) is 8.78. The molecule has 0 aromatic heterocycles. The average Bonchev–Trinajstić information content (AvgIpc) is 3.09. The van der Waals surface area contributed by atoms with Crippen molar-refractivity contribution < 1.29 is 9.53 Å². The maximum absolute atomic E-state index is 12.6. The van der Waals surface area contributed by atoms with Gasteiger partial charge in [0.1, 0.15) is 0 Å². The molecule has 0 aromatic carbocycles. The topological polar surface area (TPSA) is 41.6 Å². The fourth-order valence-electron chi connectivity index (χ4n) is 3.50. The van der Waals surface area contributed by atoms with E-state index in [2.05, 4.69) is 26.1 Å². The van der Waals surface area contributed by atoms with Crippen LogP contribution in [0.4, 0.5) is 0 Å². The van der Waals surface area contributed by atoms with Gasteiger partial charge in [0.2, 0.25) is 5.91 Å². The van der Waals surface area contributed by atoms with E-state index >= 15 is 0 Å². The van der Waals surface area contributed by atoms with Crippen LogP contribution in [0.15, 0.2) is 0 Å². The molecule has 3 unspecified atom stereocenters. The first-order valence-corrected chi connectivity index (χ1v) is 8.85. The van der Waals surface area contributed by atoms with E-state index < -0.39 is 0 Å². The molecule has 0 bridgehead atoms. The number of ether oxygens (including phenoxy) is 1. The number of nitrogens with zero attached hydrogens (tertiary/aromatic N) is 1. The molecule has 2 aliphatic rings. The van der Waals surface area contributed by atoms with Crippen molar-refractivity contribution in [2.45, 2.75) is 84.0 Å². The second kappa shape index (κ2) is 8.14. The van der Waals surface area contributed by atoms with Crippen LogP contribution in [0.3, 0.4) is 0 Å². The minimum atomic E-state index is -0.00182. The van der Waals surface area contributed by atoms with Gasteiger partial charge < -0.3 is 9.64 Å². The van der Waals surface area contributed by atoms with Gasteiger partial charge in [-0.25, -0.2) is 0 Å². The van der Waals surface area contributed by atoms with Gasteiger partial charge in [0.15, 0.2) is 0 Å². The van der Waals surface area contributed by atoms with Gasteiger partial charge in [-0.1, -0.05) is 46.5 Å². The molecule has 1 saturated heterocycles. The first-order chi connectivity index (χ1) is 10.2. The monoisotopic (exact) mass is 296 g/mol. The molecule has 1 N–H and O–H groups in total. The van der Waals surface area contributed by atoms with E-state index in [-0.39, 0.29) is 18.1 Å². The van der Waals surface area contributed by atoms with E-state index in [9.17, 15) is 4.79 Å². The van der Waals surface area contributed by atoms with E-state index in [1.54, 1.807) is 0 Å². The van der Waals surface area contributed by atoms with E-state index in [1.807, 2.05) is 4.90 Å². The lowest BCUT2D eigenvalue weighted by Gasteiger charge is -2.24. The summed E-state index contributed by atoms with van der Waals surface area (Å²) in [5, 5.41) is 3.54. The first-order valence-electron chi connectivity index (χ1n) is 8.85. The number of carbonyl (C=O) groups is 1. The highest BCUT2D eigenvalue weighted by Crippen LogP contribution is 2.23. The normalized spacial score (nSPS) is 28.5. The molecular formula is C17H32N2O2. The molecule has 1 heterocycles. The summed E-state index contributed by atoms with van der Waals surface area (Å²) in [6, 6.07) is -0.00182. The smallest absolute Gasteiger partial charge is 0.241 e. The maximum atomic E-state index is 12.6. The van der Waals surface area contributed by atoms with Crippen LogP contribution in [0.25, 0.3) is 0 Å². The van der Waals surface area contributed by atoms with Crippen LogP contribution in [0, 0.1) is 5.92 Å². The van der Waals surface area contributed by atoms with Crippen molar-refractivity contribution >= 4 is 5.91 Å². The molecule has 2 fully saturated rings. The second-order valence-electron chi connectivity index (χ2n) is 6.64. The average molecular weight is 296 g/mol. The zero-order valence-electron chi connectivity index (χ0n) is 13.9. The molecule has 122 valence electrons. The Morgan fingerprint density at radius 1 is 1.33 bits per heavy atom. The van der Waals surface area contributed by atoms with Gasteiger partial charge in [-0.3, -0.25) is 10.1 Å². The molecule has 1 aliphatic heterocycles. The highest BCUT2D eigenvalue weighted by molar-refractivity contribution is 5.84. The molecule has 4 heteroatoms. The number of carbonyl (C=O) groups excluding carboxylic acids is 1. The molecule has 2 rings (SSSR count). The highest BCUT2D eigenvalue weighted by atomic mass is 16.5. The molecular weight excluding hydrogens is 264 g/mol. The van der Waals surface area contributed by atoms with Crippen LogP contribution >= 0.6 is 0 Å². The molecule has 1 saturated carbocycles. The van der Waals surface area contributed by atoms with E-state index in [0.29, 0.717) is 18.6 Å². The lowest BCUT2D eigenvalue weighted by Crippen LogP contribution is -2.39. The Balaban J connectivity index is 1.86. The van der Waals surface area contributed by atoms with Crippen molar-refractivity contribution in [3.63, 3.8) is 0 Å². The largest absolute Gasteiger partial charge is 0.376 e. The fourth-order valence-corrected chi connectivity index (χ4v) is 3.50. The Bertz CT molecular complexity index is 329. The van der Waals surface area contributed by atoms with Gasteiger partial charge in [-0.15, -0.1) is 0 Å². The van der Waals surface area contributed by atoms with Crippen molar-refractivity contribution in [1.29, 1.82) is 0 Å². The summed E-state index contributed by atoms with van der Waals surface area (Å²) in [4.78, 5) is 14.6. The molecule has 0 radical (unpaired) electrons. The van der Waals surface area contributed by atoms with Gasteiger partial charge in [0.05, 0.1) is 24.9 Å². The standard InChI is InChI=1S/C17H32N2O2/c1-4-8-15-18-16(13(3)5-2)17(20)19(15)11-12-21-14-9-6-7-10-14/h13-16,18H,4-12H2,1-3H3. The van der Waals surface area contributed by atoms with E-state index in [0.717, 1.165) is 25.8 Å². The Morgan fingerprint density at radius 3 is 2.67 bits per heavy atom. The van der Waals surface area contributed by atoms with Crippen LogP contribution in [0.2, 0.25) is 0 Å². The molecule has 4 nitrogen and oxygen atoms in total. The van der Waals surface area contributed by atoms with E-state index in [4.69, 9.17) is 4.74 Å². The molecule has 1 amide bonds. The summed E-state index contributed by atoms with van der Waals surface area (Å²) in [5.74, 6) is 0.676. The zero-order valence-corrected chi connectivity index (χ0v) is 13.9. The summed E-state index contributed by atoms with van der Waals surface area (Å²) in [5.41, 5.74) is 0. The number of nitrogens with one attached hydrogen (secondary N) is 1. The Labute approximate surface area is 129 Å². The van der Waals surface area contributed by atoms with Crippen molar-refractivity contribution in [3.8, 4) is 0 Å². The van der Waals surface area contributed by atoms with E-state index in [1.165, 1.54) is 25.7 Å². The minimum Gasteiger partial charge on any atom is -0.376 e. The van der Waals surface area contributed by atoms with Crippen molar-refractivity contribution in [3.05, 3.63) is 0 Å². The zero-order chi connectivity index (χ0) is 15.2. The van der Waals surface area contributed by atoms with Gasteiger partial charge in [0, 0.05) is 6.54 Å². The first kappa shape index (κ1) is 16.8. The van der Waals surface area contributed by atoms with Crippen LogP contribution < -0.4 is 5.32 Å². The molecule has 0 aromatic rings.